The van der Waals surface area contributed by atoms with E-state index in [1.165, 1.54) is 12.1 Å². The van der Waals surface area contributed by atoms with Crippen LogP contribution in [0.1, 0.15) is 17.0 Å². The van der Waals surface area contributed by atoms with Crippen LogP contribution in [0.4, 0.5) is 4.39 Å². The number of Topliss-reactive ketones (excluding diaryl/α,β-unsaturated/α-hetero) is 1. The van der Waals surface area contributed by atoms with Crippen molar-refractivity contribution in [1.29, 1.82) is 0 Å². The van der Waals surface area contributed by atoms with Crippen LogP contribution in [0.2, 0.25) is 0 Å². The summed E-state index contributed by atoms with van der Waals surface area (Å²) in [7, 11) is 0. The lowest BCUT2D eigenvalue weighted by atomic mass is 9.90. The second kappa shape index (κ2) is 6.71. The molecule has 0 spiro atoms. The van der Waals surface area contributed by atoms with Gasteiger partial charge in [0.15, 0.2) is 0 Å². The number of hydrogen-bond acceptors (Lipinski definition) is 2. The van der Waals surface area contributed by atoms with Crippen LogP contribution in [0, 0.1) is 5.82 Å². The Bertz CT molecular complexity index is 826. The first-order valence-corrected chi connectivity index (χ1v) is 7.63. The van der Waals surface area contributed by atoms with Crippen molar-refractivity contribution in [1.82, 2.24) is 0 Å². The lowest BCUT2D eigenvalue weighted by molar-refractivity contribution is -0.119. The third-order valence-corrected chi connectivity index (χ3v) is 4.09. The lowest BCUT2D eigenvalue weighted by Gasteiger charge is -2.14. The maximum Gasteiger partial charge on any atom is 0.145 e. The molecule has 0 fully saturated rings. The van der Waals surface area contributed by atoms with Crippen molar-refractivity contribution < 1.29 is 9.18 Å². The van der Waals surface area contributed by atoms with Gasteiger partial charge in [-0.05, 0) is 34.0 Å². The van der Waals surface area contributed by atoms with Gasteiger partial charge in [-0.3, -0.25) is 4.79 Å². The van der Waals surface area contributed by atoms with Gasteiger partial charge in [0, 0.05) is 13.0 Å². The molecule has 0 heterocycles. The highest BCUT2D eigenvalue weighted by atomic mass is 19.1. The third kappa shape index (κ3) is 3.46. The third-order valence-electron chi connectivity index (χ3n) is 4.09. The Morgan fingerprint density at radius 1 is 0.957 bits per heavy atom. The van der Waals surface area contributed by atoms with Gasteiger partial charge in [0.1, 0.15) is 11.6 Å². The van der Waals surface area contributed by atoms with Crippen LogP contribution in [-0.4, -0.2) is 12.3 Å². The van der Waals surface area contributed by atoms with Crippen LogP contribution in [-0.2, 0) is 11.2 Å². The number of carbonyl (C=O) groups is 1. The molecule has 116 valence electrons. The molecule has 0 bridgehead atoms. The average Bonchev–Trinajstić information content (AvgIpc) is 2.57. The number of rotatable bonds is 5. The van der Waals surface area contributed by atoms with Crippen molar-refractivity contribution in [3.05, 3.63) is 83.7 Å². The standard InChI is InChI=1S/C20H18FNO/c21-18-9-7-16(8-10-18)19(13-22)20(23)12-14-5-6-15-3-1-2-4-17(15)11-14/h1-11,19H,12-13,22H2. The van der Waals surface area contributed by atoms with Crippen LogP contribution >= 0.6 is 0 Å². The molecule has 1 atom stereocenters. The fourth-order valence-corrected chi connectivity index (χ4v) is 2.82. The van der Waals surface area contributed by atoms with Gasteiger partial charge in [0.2, 0.25) is 0 Å². The molecule has 3 heteroatoms. The average molecular weight is 307 g/mol. The van der Waals surface area contributed by atoms with E-state index in [4.69, 9.17) is 5.73 Å². The van der Waals surface area contributed by atoms with Crippen LogP contribution in [0.25, 0.3) is 10.8 Å². The molecule has 3 rings (SSSR count). The van der Waals surface area contributed by atoms with Crippen LogP contribution in [0.15, 0.2) is 66.7 Å². The van der Waals surface area contributed by atoms with E-state index in [0.29, 0.717) is 6.42 Å². The molecular formula is C20H18FNO. The van der Waals surface area contributed by atoms with E-state index >= 15 is 0 Å². The van der Waals surface area contributed by atoms with Gasteiger partial charge in [-0.1, -0.05) is 54.6 Å². The minimum atomic E-state index is -0.401. The van der Waals surface area contributed by atoms with Crippen molar-refractivity contribution in [2.75, 3.05) is 6.54 Å². The van der Waals surface area contributed by atoms with Crippen molar-refractivity contribution in [3.63, 3.8) is 0 Å². The molecular weight excluding hydrogens is 289 g/mol. The number of halogens is 1. The van der Waals surface area contributed by atoms with Gasteiger partial charge in [-0.2, -0.15) is 0 Å². The minimum absolute atomic E-state index is 0.0504. The maximum absolute atomic E-state index is 13.0. The molecule has 0 aliphatic carbocycles. The number of fused-ring (bicyclic) bond motifs is 1. The molecule has 0 radical (unpaired) electrons. The Hall–Kier alpha value is -2.52. The van der Waals surface area contributed by atoms with Crippen molar-refractivity contribution in [3.8, 4) is 0 Å². The first-order chi connectivity index (χ1) is 11.2. The first kappa shape index (κ1) is 15.4. The van der Waals surface area contributed by atoms with Gasteiger partial charge in [0.05, 0.1) is 5.92 Å². The summed E-state index contributed by atoms with van der Waals surface area (Å²) in [6.07, 6.45) is 0.323. The number of benzene rings is 3. The highest BCUT2D eigenvalue weighted by molar-refractivity contribution is 5.89. The molecule has 23 heavy (non-hydrogen) atoms. The van der Waals surface area contributed by atoms with Crippen LogP contribution in [0.5, 0.6) is 0 Å². The zero-order valence-electron chi connectivity index (χ0n) is 12.7. The van der Waals surface area contributed by atoms with E-state index in [-0.39, 0.29) is 18.1 Å². The molecule has 0 aromatic heterocycles. The molecule has 0 saturated heterocycles. The predicted octanol–water partition coefficient (Wildman–Crippen LogP) is 3.83. The predicted molar refractivity (Wildman–Crippen MR) is 90.9 cm³/mol. The van der Waals surface area contributed by atoms with Crippen molar-refractivity contribution in [2.24, 2.45) is 5.73 Å². The summed E-state index contributed by atoms with van der Waals surface area (Å²) in [6, 6.07) is 20.1. The van der Waals surface area contributed by atoms with E-state index < -0.39 is 5.92 Å². The summed E-state index contributed by atoms with van der Waals surface area (Å²) in [6.45, 7) is 0.220. The Kier molecular flexibility index (Phi) is 4.49. The number of hydrogen-bond donors (Lipinski definition) is 1. The summed E-state index contributed by atoms with van der Waals surface area (Å²) in [5.74, 6) is -0.664. The summed E-state index contributed by atoms with van der Waals surface area (Å²) >= 11 is 0. The van der Waals surface area contributed by atoms with E-state index in [1.807, 2.05) is 42.5 Å². The van der Waals surface area contributed by atoms with Crippen molar-refractivity contribution >= 4 is 16.6 Å². The molecule has 0 aliphatic rings. The zero-order valence-corrected chi connectivity index (χ0v) is 12.7. The van der Waals surface area contributed by atoms with Gasteiger partial charge in [0.25, 0.3) is 0 Å². The van der Waals surface area contributed by atoms with Crippen LogP contribution in [0.3, 0.4) is 0 Å². The SMILES string of the molecule is NCC(C(=O)Cc1ccc2ccccc2c1)c1ccc(F)cc1. The Labute approximate surface area is 134 Å². The monoisotopic (exact) mass is 307 g/mol. The molecule has 0 saturated carbocycles. The fourth-order valence-electron chi connectivity index (χ4n) is 2.82. The zero-order chi connectivity index (χ0) is 16.2. The van der Waals surface area contributed by atoms with Gasteiger partial charge >= 0.3 is 0 Å². The molecule has 3 aromatic carbocycles. The molecule has 2 N–H and O–H groups in total. The highest BCUT2D eigenvalue weighted by Gasteiger charge is 2.19. The normalized spacial score (nSPS) is 12.3. The molecule has 1 unspecified atom stereocenters. The minimum Gasteiger partial charge on any atom is -0.329 e. The Morgan fingerprint density at radius 3 is 2.35 bits per heavy atom. The highest BCUT2D eigenvalue weighted by Crippen LogP contribution is 2.21. The fraction of sp³-hybridized carbons (Fsp3) is 0.150. The molecule has 2 nitrogen and oxygen atoms in total. The second-order valence-electron chi connectivity index (χ2n) is 5.66. The quantitative estimate of drug-likeness (QED) is 0.778. The van der Waals surface area contributed by atoms with E-state index in [9.17, 15) is 9.18 Å². The maximum atomic E-state index is 13.0. The van der Waals surface area contributed by atoms with E-state index in [2.05, 4.69) is 0 Å². The molecule has 0 amide bonds. The Balaban J connectivity index is 1.81. The lowest BCUT2D eigenvalue weighted by Crippen LogP contribution is -2.23. The summed E-state index contributed by atoms with van der Waals surface area (Å²) in [5, 5.41) is 2.27. The van der Waals surface area contributed by atoms with Gasteiger partial charge < -0.3 is 5.73 Å². The molecule has 3 aromatic rings. The van der Waals surface area contributed by atoms with Gasteiger partial charge in [-0.15, -0.1) is 0 Å². The smallest absolute Gasteiger partial charge is 0.145 e. The summed E-state index contributed by atoms with van der Waals surface area (Å²) in [4.78, 5) is 12.6. The Morgan fingerprint density at radius 2 is 1.65 bits per heavy atom. The topological polar surface area (TPSA) is 43.1 Å². The number of nitrogens with two attached hydrogens (primary N) is 1. The van der Waals surface area contributed by atoms with Gasteiger partial charge in [-0.25, -0.2) is 4.39 Å². The number of carbonyl (C=O) groups excluding carboxylic acids is 1. The van der Waals surface area contributed by atoms with E-state index in [1.54, 1.807) is 12.1 Å². The second-order valence-corrected chi connectivity index (χ2v) is 5.66. The number of ketones is 1. The van der Waals surface area contributed by atoms with Crippen molar-refractivity contribution in [2.45, 2.75) is 12.3 Å². The summed E-state index contributed by atoms with van der Waals surface area (Å²) < 4.78 is 13.0. The largest absolute Gasteiger partial charge is 0.329 e. The first-order valence-electron chi connectivity index (χ1n) is 7.63. The molecule has 0 aliphatic heterocycles. The van der Waals surface area contributed by atoms with E-state index in [0.717, 1.165) is 21.9 Å². The van der Waals surface area contributed by atoms with Crippen LogP contribution < -0.4 is 5.73 Å². The summed E-state index contributed by atoms with van der Waals surface area (Å²) in [5.41, 5.74) is 7.50.